The summed E-state index contributed by atoms with van der Waals surface area (Å²) in [4.78, 5) is 36.4. The van der Waals surface area contributed by atoms with Crippen molar-refractivity contribution >= 4 is 17.6 Å². The fraction of sp³-hybridized carbons (Fsp3) is 0.750. The van der Waals surface area contributed by atoms with Gasteiger partial charge in [0.1, 0.15) is 0 Å². The van der Waals surface area contributed by atoms with Crippen LogP contribution in [0.5, 0.6) is 0 Å². The fourth-order valence-corrected chi connectivity index (χ4v) is 2.21. The first-order chi connectivity index (χ1) is 8.18. The minimum atomic E-state index is -0.209. The minimum Gasteiger partial charge on any atom is -0.381 e. The first kappa shape index (κ1) is 12.2. The SMILES string of the molecule is O=C(CN1C(=O)CCCCC1=O)C1CCOC1. The number of amides is 2. The Balaban J connectivity index is 1.97. The maximum Gasteiger partial charge on any atom is 0.229 e. The van der Waals surface area contributed by atoms with Crippen molar-refractivity contribution in [1.82, 2.24) is 4.90 Å². The number of hydrogen-bond acceptors (Lipinski definition) is 4. The van der Waals surface area contributed by atoms with Gasteiger partial charge in [0.2, 0.25) is 11.8 Å². The van der Waals surface area contributed by atoms with Crippen LogP contribution in [0.2, 0.25) is 0 Å². The Labute approximate surface area is 100 Å². The second kappa shape index (κ2) is 5.40. The van der Waals surface area contributed by atoms with E-state index in [-0.39, 0.29) is 30.1 Å². The number of hydrogen-bond donors (Lipinski definition) is 0. The molecule has 2 rings (SSSR count). The standard InChI is InChI=1S/C12H17NO4/c14-10(9-5-6-17-8-9)7-13-11(15)3-1-2-4-12(13)16/h9H,1-8H2. The summed E-state index contributed by atoms with van der Waals surface area (Å²) in [5, 5.41) is 0. The molecule has 0 aromatic carbocycles. The number of likely N-dealkylation sites (tertiary alicyclic amines) is 1. The van der Waals surface area contributed by atoms with Gasteiger partial charge in [0.15, 0.2) is 5.78 Å². The van der Waals surface area contributed by atoms with E-state index < -0.39 is 0 Å². The maximum absolute atomic E-state index is 11.9. The summed E-state index contributed by atoms with van der Waals surface area (Å²) in [6.45, 7) is 0.957. The van der Waals surface area contributed by atoms with Crippen LogP contribution >= 0.6 is 0 Å². The van der Waals surface area contributed by atoms with E-state index in [0.717, 1.165) is 17.7 Å². The number of ketones is 1. The van der Waals surface area contributed by atoms with E-state index >= 15 is 0 Å². The van der Waals surface area contributed by atoms with Gasteiger partial charge in [0.05, 0.1) is 13.2 Å². The van der Waals surface area contributed by atoms with Crippen molar-refractivity contribution in [3.63, 3.8) is 0 Å². The van der Waals surface area contributed by atoms with Crippen LogP contribution in [0, 0.1) is 5.92 Å². The van der Waals surface area contributed by atoms with E-state index in [4.69, 9.17) is 4.74 Å². The molecule has 2 fully saturated rings. The third-order valence-electron chi connectivity index (χ3n) is 3.33. The number of Topliss-reactive ketones (excluding diaryl/α,β-unsaturated/α-hetero) is 1. The van der Waals surface area contributed by atoms with Gasteiger partial charge in [-0.1, -0.05) is 0 Å². The number of nitrogens with zero attached hydrogens (tertiary/aromatic N) is 1. The van der Waals surface area contributed by atoms with Crippen molar-refractivity contribution in [2.24, 2.45) is 5.92 Å². The molecule has 2 aliphatic rings. The van der Waals surface area contributed by atoms with E-state index in [1.807, 2.05) is 0 Å². The minimum absolute atomic E-state index is 0.0499. The van der Waals surface area contributed by atoms with E-state index in [2.05, 4.69) is 0 Å². The average molecular weight is 239 g/mol. The van der Waals surface area contributed by atoms with Gasteiger partial charge in [0.25, 0.3) is 0 Å². The third-order valence-corrected chi connectivity index (χ3v) is 3.33. The molecular formula is C12H17NO4. The van der Waals surface area contributed by atoms with Crippen LogP contribution in [0.4, 0.5) is 0 Å². The van der Waals surface area contributed by atoms with Crippen LogP contribution < -0.4 is 0 Å². The highest BCUT2D eigenvalue weighted by Gasteiger charge is 2.30. The smallest absolute Gasteiger partial charge is 0.229 e. The van der Waals surface area contributed by atoms with E-state index in [1.54, 1.807) is 0 Å². The van der Waals surface area contributed by atoms with Gasteiger partial charge in [-0.15, -0.1) is 0 Å². The molecule has 94 valence electrons. The summed E-state index contributed by atoms with van der Waals surface area (Å²) in [7, 11) is 0. The lowest BCUT2D eigenvalue weighted by atomic mass is 10.0. The number of imide groups is 1. The van der Waals surface area contributed by atoms with Crippen LogP contribution in [0.3, 0.4) is 0 Å². The summed E-state index contributed by atoms with van der Waals surface area (Å²) in [6, 6.07) is 0. The Morgan fingerprint density at radius 3 is 2.41 bits per heavy atom. The lowest BCUT2D eigenvalue weighted by Crippen LogP contribution is -2.41. The van der Waals surface area contributed by atoms with Crippen LogP contribution in [-0.2, 0) is 19.1 Å². The maximum atomic E-state index is 11.9. The molecule has 0 bridgehead atoms. The molecule has 1 unspecified atom stereocenters. The summed E-state index contributed by atoms with van der Waals surface area (Å²) in [6.07, 6.45) is 2.93. The molecule has 0 aromatic heterocycles. The van der Waals surface area contributed by atoms with Crippen LogP contribution in [-0.4, -0.2) is 42.3 Å². The highest BCUT2D eigenvalue weighted by atomic mass is 16.5. The summed E-state index contributed by atoms with van der Waals surface area (Å²) in [5.74, 6) is -0.607. The Bertz CT molecular complexity index is 315. The van der Waals surface area contributed by atoms with E-state index in [0.29, 0.717) is 32.5 Å². The topological polar surface area (TPSA) is 63.7 Å². The van der Waals surface area contributed by atoms with Gasteiger partial charge in [-0.05, 0) is 19.3 Å². The molecule has 0 N–H and O–H groups in total. The molecule has 0 aliphatic carbocycles. The average Bonchev–Trinajstić information content (AvgIpc) is 2.79. The van der Waals surface area contributed by atoms with Crippen molar-refractivity contribution < 1.29 is 19.1 Å². The van der Waals surface area contributed by atoms with E-state index in [9.17, 15) is 14.4 Å². The van der Waals surface area contributed by atoms with Crippen LogP contribution in [0.15, 0.2) is 0 Å². The van der Waals surface area contributed by atoms with Crippen LogP contribution in [0.25, 0.3) is 0 Å². The zero-order chi connectivity index (χ0) is 12.3. The number of rotatable bonds is 3. The third kappa shape index (κ3) is 2.91. The highest BCUT2D eigenvalue weighted by Crippen LogP contribution is 2.17. The molecule has 0 radical (unpaired) electrons. The van der Waals surface area contributed by atoms with Crippen molar-refractivity contribution in [3.8, 4) is 0 Å². The largest absolute Gasteiger partial charge is 0.381 e. The monoisotopic (exact) mass is 239 g/mol. The molecule has 0 saturated carbocycles. The molecule has 5 heteroatoms. The Morgan fingerprint density at radius 1 is 1.24 bits per heavy atom. The lowest BCUT2D eigenvalue weighted by Gasteiger charge is -2.19. The van der Waals surface area contributed by atoms with Crippen molar-refractivity contribution in [1.29, 1.82) is 0 Å². The molecular weight excluding hydrogens is 222 g/mol. The van der Waals surface area contributed by atoms with Crippen LogP contribution in [0.1, 0.15) is 32.1 Å². The predicted octanol–water partition coefficient (Wildman–Crippen LogP) is 0.521. The van der Waals surface area contributed by atoms with E-state index in [1.165, 1.54) is 0 Å². The summed E-state index contributed by atoms with van der Waals surface area (Å²) < 4.78 is 5.14. The molecule has 1 atom stereocenters. The predicted molar refractivity (Wildman–Crippen MR) is 59.1 cm³/mol. The Kier molecular flexibility index (Phi) is 3.89. The highest BCUT2D eigenvalue weighted by molar-refractivity contribution is 6.00. The first-order valence-corrected chi connectivity index (χ1v) is 6.12. The van der Waals surface area contributed by atoms with Gasteiger partial charge >= 0.3 is 0 Å². The van der Waals surface area contributed by atoms with Gasteiger partial charge < -0.3 is 4.74 Å². The Morgan fingerprint density at radius 2 is 1.88 bits per heavy atom. The quantitative estimate of drug-likeness (QED) is 0.674. The molecule has 0 aromatic rings. The zero-order valence-electron chi connectivity index (χ0n) is 9.81. The summed E-state index contributed by atoms with van der Waals surface area (Å²) in [5.41, 5.74) is 0. The molecule has 2 saturated heterocycles. The van der Waals surface area contributed by atoms with Crippen molar-refractivity contribution in [2.45, 2.75) is 32.1 Å². The second-order valence-corrected chi connectivity index (χ2v) is 4.61. The fourth-order valence-electron chi connectivity index (χ4n) is 2.21. The van der Waals surface area contributed by atoms with Gasteiger partial charge in [0, 0.05) is 25.4 Å². The molecule has 2 aliphatic heterocycles. The number of carbonyl (C=O) groups excluding carboxylic acids is 3. The van der Waals surface area contributed by atoms with Gasteiger partial charge in [-0.25, -0.2) is 0 Å². The molecule has 0 spiro atoms. The first-order valence-electron chi connectivity index (χ1n) is 6.12. The number of carbonyl (C=O) groups is 3. The molecule has 2 amide bonds. The van der Waals surface area contributed by atoms with Crippen molar-refractivity contribution in [2.75, 3.05) is 19.8 Å². The molecule has 17 heavy (non-hydrogen) atoms. The molecule has 2 heterocycles. The second-order valence-electron chi connectivity index (χ2n) is 4.61. The van der Waals surface area contributed by atoms with Crippen molar-refractivity contribution in [3.05, 3.63) is 0 Å². The zero-order valence-corrected chi connectivity index (χ0v) is 9.81. The lowest BCUT2D eigenvalue weighted by molar-refractivity contribution is -0.147. The number of ether oxygens (including phenoxy) is 1. The normalized spacial score (nSPS) is 26.1. The van der Waals surface area contributed by atoms with Gasteiger partial charge in [-0.3, -0.25) is 19.3 Å². The Hall–Kier alpha value is -1.23. The summed E-state index contributed by atoms with van der Waals surface area (Å²) >= 11 is 0. The van der Waals surface area contributed by atoms with Gasteiger partial charge in [-0.2, -0.15) is 0 Å². The molecule has 5 nitrogen and oxygen atoms in total.